The zero-order valence-electron chi connectivity index (χ0n) is 23.2. The highest BCUT2D eigenvalue weighted by Crippen LogP contribution is 2.46. The molecule has 0 saturated carbocycles. The highest BCUT2D eigenvalue weighted by molar-refractivity contribution is 5.19. The second-order valence-electron chi connectivity index (χ2n) is 14.5. The van der Waals surface area contributed by atoms with Crippen LogP contribution < -0.4 is 5.32 Å². The summed E-state index contributed by atoms with van der Waals surface area (Å²) >= 11 is 0. The number of rotatable bonds is 11. The molecule has 0 amide bonds. The van der Waals surface area contributed by atoms with Crippen molar-refractivity contribution in [3.63, 3.8) is 0 Å². The average Bonchev–Trinajstić information content (AvgIpc) is 2.49. The predicted molar refractivity (Wildman–Crippen MR) is 137 cm³/mol. The van der Waals surface area contributed by atoms with E-state index in [0.717, 1.165) is 0 Å². The van der Waals surface area contributed by atoms with Crippen molar-refractivity contribution in [2.24, 2.45) is 21.7 Å². The summed E-state index contributed by atoms with van der Waals surface area (Å²) in [5, 5.41) is 3.96. The van der Waals surface area contributed by atoms with E-state index in [-0.39, 0.29) is 11.0 Å². The Hall–Kier alpha value is -0.300. The molecule has 178 valence electrons. The van der Waals surface area contributed by atoms with Crippen molar-refractivity contribution in [1.82, 2.24) is 5.32 Å². The molecule has 1 aliphatic rings. The summed E-state index contributed by atoms with van der Waals surface area (Å²) < 4.78 is 0. The van der Waals surface area contributed by atoms with E-state index in [2.05, 4.69) is 101 Å². The Bertz CT molecular complexity index is 574. The summed E-state index contributed by atoms with van der Waals surface area (Å²) in [6.45, 7) is 31.4. The summed E-state index contributed by atoms with van der Waals surface area (Å²) in [5.74, 6) is 0. The van der Waals surface area contributed by atoms with Gasteiger partial charge in [0.05, 0.1) is 0 Å². The van der Waals surface area contributed by atoms with Crippen molar-refractivity contribution in [3.8, 4) is 0 Å². The molecule has 1 heteroatoms. The maximum absolute atomic E-state index is 3.96. The maximum atomic E-state index is 3.96. The second-order valence-corrected chi connectivity index (χ2v) is 14.5. The van der Waals surface area contributed by atoms with Gasteiger partial charge < -0.3 is 5.32 Å². The molecule has 30 heavy (non-hydrogen) atoms. The monoisotopic (exact) mass is 419 g/mol. The van der Waals surface area contributed by atoms with Gasteiger partial charge in [0.25, 0.3) is 0 Å². The SMILES string of the molecule is CCC(C)(CC)CC(C)(C)C=C(CC(C)(C)CC(C)(C)C)CC1(C)CC(C)(CC)N1. The molecule has 1 rings (SSSR count). The zero-order valence-corrected chi connectivity index (χ0v) is 23.2. The van der Waals surface area contributed by atoms with Gasteiger partial charge in [0, 0.05) is 11.1 Å². The van der Waals surface area contributed by atoms with Crippen LogP contribution in [0.2, 0.25) is 0 Å². The highest BCUT2D eigenvalue weighted by atomic mass is 15.1. The summed E-state index contributed by atoms with van der Waals surface area (Å²) in [4.78, 5) is 0. The van der Waals surface area contributed by atoms with Crippen molar-refractivity contribution in [3.05, 3.63) is 11.6 Å². The van der Waals surface area contributed by atoms with Gasteiger partial charge in [0.15, 0.2) is 0 Å². The molecule has 1 aliphatic heterocycles. The Balaban J connectivity index is 3.15. The van der Waals surface area contributed by atoms with Crippen LogP contribution in [0.1, 0.15) is 141 Å². The molecule has 1 fully saturated rings. The fourth-order valence-corrected chi connectivity index (χ4v) is 6.87. The van der Waals surface area contributed by atoms with Crippen LogP contribution in [0.25, 0.3) is 0 Å². The lowest BCUT2D eigenvalue weighted by Gasteiger charge is -2.55. The lowest BCUT2D eigenvalue weighted by atomic mass is 9.65. The van der Waals surface area contributed by atoms with Crippen molar-refractivity contribution < 1.29 is 0 Å². The van der Waals surface area contributed by atoms with E-state index < -0.39 is 0 Å². The predicted octanol–water partition coefficient (Wildman–Crippen LogP) is 9.32. The second kappa shape index (κ2) is 9.29. The first-order valence-corrected chi connectivity index (χ1v) is 12.8. The Morgan fingerprint density at radius 2 is 1.33 bits per heavy atom. The minimum Gasteiger partial charge on any atom is -0.306 e. The first kappa shape index (κ1) is 27.7. The molecule has 0 aromatic rings. The van der Waals surface area contributed by atoms with Crippen LogP contribution >= 0.6 is 0 Å². The summed E-state index contributed by atoms with van der Waals surface area (Å²) in [7, 11) is 0. The quantitative estimate of drug-likeness (QED) is 0.329. The maximum Gasteiger partial charge on any atom is 0.0212 e. The molecule has 2 atom stereocenters. The van der Waals surface area contributed by atoms with Crippen LogP contribution in [0.4, 0.5) is 0 Å². The molecule has 1 heterocycles. The first-order valence-electron chi connectivity index (χ1n) is 12.8. The largest absolute Gasteiger partial charge is 0.306 e. The smallest absolute Gasteiger partial charge is 0.0212 e. The lowest BCUT2D eigenvalue weighted by molar-refractivity contribution is 0.0645. The molecular weight excluding hydrogens is 362 g/mol. The Kier molecular flexibility index (Phi) is 8.58. The topological polar surface area (TPSA) is 12.0 Å². The van der Waals surface area contributed by atoms with Gasteiger partial charge in [-0.15, -0.1) is 0 Å². The van der Waals surface area contributed by atoms with Gasteiger partial charge in [-0.1, -0.05) is 101 Å². The third-order valence-corrected chi connectivity index (χ3v) is 7.68. The van der Waals surface area contributed by atoms with Gasteiger partial charge in [-0.2, -0.15) is 0 Å². The fraction of sp³-hybridized carbons (Fsp3) is 0.931. The normalized spacial score (nSPS) is 26.6. The van der Waals surface area contributed by atoms with Gasteiger partial charge in [-0.25, -0.2) is 0 Å². The Labute approximate surface area is 191 Å². The van der Waals surface area contributed by atoms with Crippen LogP contribution in [-0.2, 0) is 0 Å². The van der Waals surface area contributed by atoms with Crippen molar-refractivity contribution in [1.29, 1.82) is 0 Å². The molecule has 2 unspecified atom stereocenters. The molecule has 0 bridgehead atoms. The molecule has 0 radical (unpaired) electrons. The fourth-order valence-electron chi connectivity index (χ4n) is 6.87. The van der Waals surface area contributed by atoms with Gasteiger partial charge in [-0.05, 0) is 74.0 Å². The van der Waals surface area contributed by atoms with Crippen molar-refractivity contribution >= 4 is 0 Å². The minimum atomic E-state index is 0.238. The summed E-state index contributed by atoms with van der Waals surface area (Å²) in [5.41, 5.74) is 3.63. The van der Waals surface area contributed by atoms with Crippen LogP contribution in [0.5, 0.6) is 0 Å². The third kappa shape index (κ3) is 8.68. The van der Waals surface area contributed by atoms with Crippen molar-refractivity contribution in [2.45, 2.75) is 152 Å². The van der Waals surface area contributed by atoms with Gasteiger partial charge in [0.1, 0.15) is 0 Å². The molecule has 1 saturated heterocycles. The Morgan fingerprint density at radius 3 is 1.73 bits per heavy atom. The molecule has 0 aromatic carbocycles. The van der Waals surface area contributed by atoms with E-state index in [9.17, 15) is 0 Å². The molecule has 1 nitrogen and oxygen atoms in total. The first-order chi connectivity index (χ1) is 13.3. The van der Waals surface area contributed by atoms with E-state index >= 15 is 0 Å². The molecule has 0 aromatic heterocycles. The summed E-state index contributed by atoms with van der Waals surface area (Å²) in [6, 6.07) is 0. The van der Waals surface area contributed by atoms with Crippen molar-refractivity contribution in [2.75, 3.05) is 0 Å². The van der Waals surface area contributed by atoms with E-state index in [0.29, 0.717) is 21.8 Å². The van der Waals surface area contributed by atoms with E-state index in [4.69, 9.17) is 0 Å². The van der Waals surface area contributed by atoms with Gasteiger partial charge >= 0.3 is 0 Å². The number of hydrogen-bond acceptors (Lipinski definition) is 1. The highest BCUT2D eigenvalue weighted by Gasteiger charge is 2.47. The molecule has 0 spiro atoms. The van der Waals surface area contributed by atoms with Crippen LogP contribution in [0.15, 0.2) is 11.6 Å². The molecule has 0 aliphatic carbocycles. The Morgan fingerprint density at radius 1 is 0.833 bits per heavy atom. The van der Waals surface area contributed by atoms with Gasteiger partial charge in [-0.3, -0.25) is 0 Å². The van der Waals surface area contributed by atoms with Gasteiger partial charge in [0.2, 0.25) is 0 Å². The third-order valence-electron chi connectivity index (χ3n) is 7.68. The summed E-state index contributed by atoms with van der Waals surface area (Å²) in [6.07, 6.45) is 12.7. The average molecular weight is 420 g/mol. The number of nitrogens with one attached hydrogen (secondary N) is 1. The standard InChI is InChI=1S/C29H57N/c1-14-27(11,15-2)21-26(9,10)18-23(17-25(7,8)20-24(4,5)6)19-29(13)22-28(12,16-3)30-29/h18,30H,14-17,19-22H2,1-13H3. The van der Waals surface area contributed by atoms with Crippen LogP contribution in [-0.4, -0.2) is 11.1 Å². The van der Waals surface area contributed by atoms with Crippen LogP contribution in [0.3, 0.4) is 0 Å². The van der Waals surface area contributed by atoms with E-state index in [1.54, 1.807) is 5.57 Å². The molecular formula is C29H57N. The van der Waals surface area contributed by atoms with E-state index in [1.165, 1.54) is 51.4 Å². The van der Waals surface area contributed by atoms with Crippen LogP contribution in [0, 0.1) is 21.7 Å². The number of hydrogen-bond donors (Lipinski definition) is 1. The van der Waals surface area contributed by atoms with E-state index in [1.807, 2.05) is 0 Å². The molecule has 1 N–H and O–H groups in total. The number of allylic oxidation sites excluding steroid dienone is 1. The zero-order chi connectivity index (χ0) is 23.6. The lowest BCUT2D eigenvalue weighted by Crippen LogP contribution is -2.69. The minimum absolute atomic E-state index is 0.238.